The topological polar surface area (TPSA) is 76.2 Å². The lowest BCUT2D eigenvalue weighted by molar-refractivity contribution is -0.384. The molecular weight excluding hydrogens is 234 g/mol. The van der Waals surface area contributed by atoms with Crippen LogP contribution in [0.2, 0.25) is 0 Å². The van der Waals surface area contributed by atoms with Gasteiger partial charge in [0, 0.05) is 19.6 Å². The van der Waals surface area contributed by atoms with E-state index in [-0.39, 0.29) is 10.6 Å². The van der Waals surface area contributed by atoms with Gasteiger partial charge in [-0.2, -0.15) is 5.10 Å². The number of hydrogen-bond acceptors (Lipinski definition) is 5. The summed E-state index contributed by atoms with van der Waals surface area (Å²) >= 11 is 0. The Morgan fingerprint density at radius 1 is 1.50 bits per heavy atom. The zero-order chi connectivity index (χ0) is 13.7. The summed E-state index contributed by atoms with van der Waals surface area (Å²) in [6.45, 7) is 5.84. The third kappa shape index (κ3) is 3.43. The fourth-order valence-corrected chi connectivity index (χ4v) is 1.74. The molecule has 0 radical (unpaired) electrons. The molecule has 1 rings (SSSR count). The second kappa shape index (κ2) is 6.34. The van der Waals surface area contributed by atoms with E-state index in [1.165, 1.54) is 0 Å². The van der Waals surface area contributed by atoms with Crippen molar-refractivity contribution < 1.29 is 4.92 Å². The van der Waals surface area contributed by atoms with E-state index in [4.69, 9.17) is 0 Å². The average Bonchev–Trinajstić information content (AvgIpc) is 2.55. The molecule has 7 nitrogen and oxygen atoms in total. The lowest BCUT2D eigenvalue weighted by Gasteiger charge is -2.12. The molecule has 0 aliphatic rings. The smallest absolute Gasteiger partial charge is 0.333 e. The number of likely N-dealkylation sites (N-methyl/N-ethyl adjacent to an activating group) is 1. The molecular formula is C11H21N5O2. The van der Waals surface area contributed by atoms with Crippen LogP contribution >= 0.6 is 0 Å². The lowest BCUT2D eigenvalue weighted by Crippen LogP contribution is -2.22. The van der Waals surface area contributed by atoms with E-state index in [2.05, 4.69) is 10.4 Å². The minimum atomic E-state index is -0.369. The third-order valence-electron chi connectivity index (χ3n) is 2.57. The molecule has 0 bridgehead atoms. The average molecular weight is 255 g/mol. The molecule has 0 atom stereocenters. The second-order valence-electron chi connectivity index (χ2n) is 4.49. The molecule has 1 aromatic rings. The number of rotatable bonds is 7. The molecule has 0 aromatic carbocycles. The van der Waals surface area contributed by atoms with Crippen molar-refractivity contribution in [3.8, 4) is 0 Å². The highest BCUT2D eigenvalue weighted by Gasteiger charge is 2.24. The molecule has 102 valence electrons. The number of nitro groups is 1. The summed E-state index contributed by atoms with van der Waals surface area (Å²) in [6, 6.07) is 0. The Kier molecular flexibility index (Phi) is 5.08. The van der Waals surface area contributed by atoms with Crippen LogP contribution in [-0.2, 0) is 6.54 Å². The number of nitrogens with zero attached hydrogens (tertiary/aromatic N) is 4. The standard InChI is InChI=1S/C11H21N5O2/c1-5-7-15-11(12-6-8-14(3)4)10(16(17)18)9(2)13-15/h12H,5-8H2,1-4H3. The minimum absolute atomic E-state index is 0.0854. The van der Waals surface area contributed by atoms with Crippen molar-refractivity contribution in [2.45, 2.75) is 26.8 Å². The first-order valence-corrected chi connectivity index (χ1v) is 6.07. The summed E-state index contributed by atoms with van der Waals surface area (Å²) in [5, 5.41) is 18.4. The summed E-state index contributed by atoms with van der Waals surface area (Å²) in [4.78, 5) is 12.7. The van der Waals surface area contributed by atoms with Gasteiger partial charge in [0.2, 0.25) is 5.82 Å². The highest BCUT2D eigenvalue weighted by Crippen LogP contribution is 2.28. The maximum Gasteiger partial charge on any atom is 0.333 e. The number of nitrogens with one attached hydrogen (secondary N) is 1. The Morgan fingerprint density at radius 3 is 2.67 bits per heavy atom. The largest absolute Gasteiger partial charge is 0.363 e. The van der Waals surface area contributed by atoms with Crippen molar-refractivity contribution in [2.24, 2.45) is 0 Å². The van der Waals surface area contributed by atoms with Gasteiger partial charge < -0.3 is 10.2 Å². The molecule has 18 heavy (non-hydrogen) atoms. The van der Waals surface area contributed by atoms with Crippen molar-refractivity contribution in [1.29, 1.82) is 0 Å². The molecule has 0 fully saturated rings. The number of anilines is 1. The second-order valence-corrected chi connectivity index (χ2v) is 4.49. The van der Waals surface area contributed by atoms with Gasteiger partial charge >= 0.3 is 5.69 Å². The van der Waals surface area contributed by atoms with Gasteiger partial charge in [-0.15, -0.1) is 0 Å². The Bertz CT molecular complexity index is 414. The van der Waals surface area contributed by atoms with E-state index in [0.29, 0.717) is 24.6 Å². The van der Waals surface area contributed by atoms with Crippen LogP contribution in [0.1, 0.15) is 19.0 Å². The van der Waals surface area contributed by atoms with Gasteiger partial charge in [-0.1, -0.05) is 6.92 Å². The molecule has 7 heteroatoms. The minimum Gasteiger partial charge on any atom is -0.363 e. The molecule has 0 saturated carbocycles. The Hall–Kier alpha value is -1.63. The highest BCUT2D eigenvalue weighted by atomic mass is 16.6. The molecule has 0 saturated heterocycles. The van der Waals surface area contributed by atoms with Crippen molar-refractivity contribution in [2.75, 3.05) is 32.5 Å². The summed E-state index contributed by atoms with van der Waals surface area (Å²) in [5.41, 5.74) is 0.544. The van der Waals surface area contributed by atoms with Gasteiger partial charge in [-0.25, -0.2) is 4.68 Å². The van der Waals surface area contributed by atoms with E-state index in [1.807, 2.05) is 25.9 Å². The molecule has 1 N–H and O–H groups in total. The Labute approximate surface area is 107 Å². The Morgan fingerprint density at radius 2 is 2.17 bits per heavy atom. The van der Waals surface area contributed by atoms with Gasteiger partial charge in [0.05, 0.1) is 4.92 Å². The van der Waals surface area contributed by atoms with Crippen molar-refractivity contribution >= 4 is 11.5 Å². The lowest BCUT2D eigenvalue weighted by atomic mass is 10.3. The molecule has 0 unspecified atom stereocenters. The zero-order valence-electron chi connectivity index (χ0n) is 11.4. The van der Waals surface area contributed by atoms with Crippen molar-refractivity contribution in [1.82, 2.24) is 14.7 Å². The van der Waals surface area contributed by atoms with E-state index < -0.39 is 0 Å². The fraction of sp³-hybridized carbons (Fsp3) is 0.727. The Balaban J connectivity index is 2.93. The van der Waals surface area contributed by atoms with Crippen LogP contribution in [0.15, 0.2) is 0 Å². The molecule has 0 amide bonds. The van der Waals surface area contributed by atoms with Crippen LogP contribution in [0.5, 0.6) is 0 Å². The van der Waals surface area contributed by atoms with Gasteiger partial charge in [-0.05, 0) is 27.4 Å². The maximum atomic E-state index is 11.1. The summed E-state index contributed by atoms with van der Waals surface area (Å²) in [6.07, 6.45) is 0.890. The zero-order valence-corrected chi connectivity index (χ0v) is 11.4. The van der Waals surface area contributed by atoms with E-state index in [0.717, 1.165) is 13.0 Å². The first kappa shape index (κ1) is 14.4. The maximum absolute atomic E-state index is 11.1. The number of hydrogen-bond donors (Lipinski definition) is 1. The van der Waals surface area contributed by atoms with Crippen molar-refractivity contribution in [3.05, 3.63) is 15.8 Å². The first-order valence-electron chi connectivity index (χ1n) is 6.07. The summed E-state index contributed by atoms with van der Waals surface area (Å²) in [5.74, 6) is 0.515. The number of aryl methyl sites for hydroxylation is 2. The molecule has 1 aromatic heterocycles. The molecule has 0 aliphatic carbocycles. The van der Waals surface area contributed by atoms with Crippen LogP contribution in [0.4, 0.5) is 11.5 Å². The van der Waals surface area contributed by atoms with Gasteiger partial charge in [0.15, 0.2) is 0 Å². The van der Waals surface area contributed by atoms with Crippen LogP contribution in [-0.4, -0.2) is 46.8 Å². The molecule has 0 aliphatic heterocycles. The highest BCUT2D eigenvalue weighted by molar-refractivity contribution is 5.59. The molecule has 1 heterocycles. The van der Waals surface area contributed by atoms with Crippen LogP contribution < -0.4 is 5.32 Å². The van der Waals surface area contributed by atoms with Gasteiger partial charge in [0.1, 0.15) is 5.69 Å². The predicted molar refractivity (Wildman–Crippen MR) is 71.0 cm³/mol. The SMILES string of the molecule is CCCn1nc(C)c([N+](=O)[O-])c1NCCN(C)C. The third-order valence-corrected chi connectivity index (χ3v) is 2.57. The fourth-order valence-electron chi connectivity index (χ4n) is 1.74. The van der Waals surface area contributed by atoms with Crippen LogP contribution in [0, 0.1) is 17.0 Å². The first-order chi connectivity index (χ1) is 8.47. The number of aromatic nitrogens is 2. The summed E-state index contributed by atoms with van der Waals surface area (Å²) in [7, 11) is 3.93. The predicted octanol–water partition coefficient (Wildman–Crippen LogP) is 1.48. The quantitative estimate of drug-likeness (QED) is 0.590. The van der Waals surface area contributed by atoms with Crippen LogP contribution in [0.25, 0.3) is 0 Å². The van der Waals surface area contributed by atoms with Crippen LogP contribution in [0.3, 0.4) is 0 Å². The van der Waals surface area contributed by atoms with E-state index >= 15 is 0 Å². The molecule has 0 spiro atoms. The van der Waals surface area contributed by atoms with Crippen molar-refractivity contribution in [3.63, 3.8) is 0 Å². The normalized spacial score (nSPS) is 10.9. The van der Waals surface area contributed by atoms with Gasteiger partial charge in [-0.3, -0.25) is 10.1 Å². The summed E-state index contributed by atoms with van der Waals surface area (Å²) < 4.78 is 1.68. The van der Waals surface area contributed by atoms with Gasteiger partial charge in [0.25, 0.3) is 0 Å². The van der Waals surface area contributed by atoms with E-state index in [1.54, 1.807) is 11.6 Å². The van der Waals surface area contributed by atoms with E-state index in [9.17, 15) is 10.1 Å². The monoisotopic (exact) mass is 255 g/mol.